The number of carbonyl (C=O) groups is 1. The molecule has 2 aromatic rings. The number of anilines is 1. The maximum atomic E-state index is 13.0. The zero-order valence-corrected chi connectivity index (χ0v) is 14.1. The van der Waals surface area contributed by atoms with Crippen LogP contribution in [0.4, 0.5) is 10.3 Å². The molecule has 0 atom stereocenters. The average Bonchev–Trinajstić information content (AvgIpc) is 2.85. The summed E-state index contributed by atoms with van der Waals surface area (Å²) in [6, 6.07) is 6.11. The number of nitrogen functional groups attached to an aromatic ring is 1. The minimum Gasteiger partial charge on any atom is -0.368 e. The lowest BCUT2D eigenvalue weighted by Crippen LogP contribution is -2.36. The molecule has 1 aromatic carbocycles. The van der Waals surface area contributed by atoms with E-state index in [9.17, 15) is 9.18 Å². The fourth-order valence-electron chi connectivity index (χ4n) is 2.97. The average molecular weight is 343 g/mol. The first-order valence-electron chi connectivity index (χ1n) is 8.41. The molecule has 6 nitrogen and oxygen atoms in total. The van der Waals surface area contributed by atoms with E-state index in [0.29, 0.717) is 13.0 Å². The Labute approximate surface area is 146 Å². The van der Waals surface area contributed by atoms with Gasteiger partial charge in [0.25, 0.3) is 0 Å². The summed E-state index contributed by atoms with van der Waals surface area (Å²) in [5, 5.41) is 0. The highest BCUT2D eigenvalue weighted by Crippen LogP contribution is 2.11. The second-order valence-electron chi connectivity index (χ2n) is 6.26. The second kappa shape index (κ2) is 8.02. The van der Waals surface area contributed by atoms with Crippen LogP contribution in [0.15, 0.2) is 36.7 Å². The molecule has 2 heterocycles. The van der Waals surface area contributed by atoms with E-state index < -0.39 is 0 Å². The number of benzene rings is 1. The molecule has 132 valence electrons. The van der Waals surface area contributed by atoms with Gasteiger partial charge >= 0.3 is 0 Å². The molecule has 1 aromatic heterocycles. The van der Waals surface area contributed by atoms with Crippen molar-refractivity contribution in [3.63, 3.8) is 0 Å². The molecule has 2 N–H and O–H groups in total. The lowest BCUT2D eigenvalue weighted by atomic mass is 10.1. The first-order chi connectivity index (χ1) is 12.1. The van der Waals surface area contributed by atoms with Crippen molar-refractivity contribution in [2.45, 2.75) is 19.4 Å². The first kappa shape index (κ1) is 17.3. The monoisotopic (exact) mass is 343 g/mol. The van der Waals surface area contributed by atoms with Gasteiger partial charge in [0.05, 0.1) is 6.42 Å². The van der Waals surface area contributed by atoms with Gasteiger partial charge in [-0.05, 0) is 24.1 Å². The van der Waals surface area contributed by atoms with Crippen molar-refractivity contribution >= 4 is 11.9 Å². The summed E-state index contributed by atoms with van der Waals surface area (Å²) < 4.78 is 13.0. The zero-order valence-electron chi connectivity index (χ0n) is 14.1. The molecular weight excluding hydrogens is 321 g/mol. The number of nitrogens with two attached hydrogens (primary N) is 1. The molecule has 1 amide bonds. The van der Waals surface area contributed by atoms with Gasteiger partial charge in [0.2, 0.25) is 11.9 Å². The van der Waals surface area contributed by atoms with E-state index in [2.05, 4.69) is 14.9 Å². The van der Waals surface area contributed by atoms with Crippen LogP contribution >= 0.6 is 0 Å². The number of aromatic nitrogens is 2. The highest BCUT2D eigenvalue weighted by molar-refractivity contribution is 5.78. The number of nitrogens with zero attached hydrogens (tertiary/aromatic N) is 4. The van der Waals surface area contributed by atoms with Crippen LogP contribution in [0.2, 0.25) is 0 Å². The van der Waals surface area contributed by atoms with Gasteiger partial charge in [-0.2, -0.15) is 0 Å². The summed E-state index contributed by atoms with van der Waals surface area (Å²) in [6.07, 6.45) is 4.71. The standard InChI is InChI=1S/C18H22FN5O/c19-16-4-2-14(3-5-16)10-17(25)24-7-1-6-23(8-9-24)13-15-11-21-18(20)22-12-15/h2-5,11-12H,1,6-10,13H2,(H2,20,21,22). The molecule has 0 spiro atoms. The molecule has 1 aliphatic rings. The Bertz CT molecular complexity index is 704. The van der Waals surface area contributed by atoms with Gasteiger partial charge in [-0.15, -0.1) is 0 Å². The molecule has 3 rings (SSSR count). The highest BCUT2D eigenvalue weighted by Gasteiger charge is 2.19. The largest absolute Gasteiger partial charge is 0.368 e. The topological polar surface area (TPSA) is 75.3 Å². The number of rotatable bonds is 4. The second-order valence-corrected chi connectivity index (χ2v) is 6.26. The lowest BCUT2D eigenvalue weighted by molar-refractivity contribution is -0.130. The highest BCUT2D eigenvalue weighted by atomic mass is 19.1. The normalized spacial score (nSPS) is 15.8. The summed E-state index contributed by atoms with van der Waals surface area (Å²) in [6.45, 7) is 3.91. The third-order valence-corrected chi connectivity index (χ3v) is 4.34. The summed E-state index contributed by atoms with van der Waals surface area (Å²) >= 11 is 0. The van der Waals surface area contributed by atoms with Crippen molar-refractivity contribution in [1.29, 1.82) is 0 Å². The van der Waals surface area contributed by atoms with Gasteiger partial charge in [0.15, 0.2) is 0 Å². The molecule has 0 unspecified atom stereocenters. The fraction of sp³-hybridized carbons (Fsp3) is 0.389. The van der Waals surface area contributed by atoms with Crippen molar-refractivity contribution in [1.82, 2.24) is 19.8 Å². The third-order valence-electron chi connectivity index (χ3n) is 4.34. The molecule has 0 bridgehead atoms. The van der Waals surface area contributed by atoms with E-state index in [-0.39, 0.29) is 17.7 Å². The van der Waals surface area contributed by atoms with Crippen LogP contribution in [-0.4, -0.2) is 51.9 Å². The van der Waals surface area contributed by atoms with Crippen molar-refractivity contribution in [3.8, 4) is 0 Å². The number of hydrogen-bond acceptors (Lipinski definition) is 5. The molecule has 0 aliphatic carbocycles. The van der Waals surface area contributed by atoms with Gasteiger partial charge in [0, 0.05) is 50.7 Å². The predicted molar refractivity (Wildman–Crippen MR) is 93.0 cm³/mol. The number of carbonyl (C=O) groups excluding carboxylic acids is 1. The Morgan fingerprint density at radius 3 is 2.48 bits per heavy atom. The summed E-state index contributed by atoms with van der Waals surface area (Å²) in [7, 11) is 0. The van der Waals surface area contributed by atoms with Crippen molar-refractivity contribution in [3.05, 3.63) is 53.6 Å². The maximum Gasteiger partial charge on any atom is 0.227 e. The minimum absolute atomic E-state index is 0.0873. The molecule has 1 aliphatic heterocycles. The van der Waals surface area contributed by atoms with Crippen LogP contribution in [0.25, 0.3) is 0 Å². The number of halogens is 1. The summed E-state index contributed by atoms with van der Waals surface area (Å²) in [4.78, 5) is 24.7. The van der Waals surface area contributed by atoms with Crippen LogP contribution in [-0.2, 0) is 17.8 Å². The van der Waals surface area contributed by atoms with Crippen LogP contribution in [0.3, 0.4) is 0 Å². The summed E-state index contributed by atoms with van der Waals surface area (Å²) in [5.74, 6) is 0.0784. The van der Waals surface area contributed by atoms with E-state index >= 15 is 0 Å². The number of amides is 1. The van der Waals surface area contributed by atoms with Gasteiger partial charge in [-0.1, -0.05) is 12.1 Å². The molecule has 25 heavy (non-hydrogen) atoms. The minimum atomic E-state index is -0.284. The van der Waals surface area contributed by atoms with Crippen molar-refractivity contribution in [2.75, 3.05) is 31.9 Å². The van der Waals surface area contributed by atoms with Crippen LogP contribution in [0.1, 0.15) is 17.5 Å². The van der Waals surface area contributed by atoms with E-state index in [1.54, 1.807) is 24.5 Å². The van der Waals surface area contributed by atoms with E-state index in [4.69, 9.17) is 5.73 Å². The van der Waals surface area contributed by atoms with E-state index in [0.717, 1.165) is 43.7 Å². The maximum absolute atomic E-state index is 13.0. The molecule has 7 heteroatoms. The molecule has 1 fully saturated rings. The fourth-order valence-corrected chi connectivity index (χ4v) is 2.97. The Morgan fingerprint density at radius 1 is 1.04 bits per heavy atom. The molecule has 1 saturated heterocycles. The lowest BCUT2D eigenvalue weighted by Gasteiger charge is -2.22. The third kappa shape index (κ3) is 4.96. The van der Waals surface area contributed by atoms with Crippen LogP contribution in [0.5, 0.6) is 0 Å². The van der Waals surface area contributed by atoms with Gasteiger partial charge in [-0.3, -0.25) is 9.69 Å². The van der Waals surface area contributed by atoms with Gasteiger partial charge in [-0.25, -0.2) is 14.4 Å². The Balaban J connectivity index is 1.52. The smallest absolute Gasteiger partial charge is 0.227 e. The molecular formula is C18H22FN5O. The first-order valence-corrected chi connectivity index (χ1v) is 8.41. The Morgan fingerprint density at radius 2 is 1.76 bits per heavy atom. The van der Waals surface area contributed by atoms with Crippen molar-refractivity contribution < 1.29 is 9.18 Å². The SMILES string of the molecule is Nc1ncc(CN2CCCN(C(=O)Cc3ccc(F)cc3)CC2)cn1. The van der Waals surface area contributed by atoms with E-state index in [1.807, 2.05) is 4.90 Å². The van der Waals surface area contributed by atoms with Gasteiger partial charge < -0.3 is 10.6 Å². The molecule has 0 saturated carbocycles. The predicted octanol–water partition coefficient (Wildman–Crippen LogP) is 1.47. The van der Waals surface area contributed by atoms with Gasteiger partial charge in [0.1, 0.15) is 5.82 Å². The van der Waals surface area contributed by atoms with Crippen LogP contribution in [0, 0.1) is 5.82 Å². The zero-order chi connectivity index (χ0) is 17.6. The summed E-state index contributed by atoms with van der Waals surface area (Å²) in [5.41, 5.74) is 7.36. The van der Waals surface area contributed by atoms with E-state index in [1.165, 1.54) is 12.1 Å². The van der Waals surface area contributed by atoms with Crippen molar-refractivity contribution in [2.24, 2.45) is 0 Å². The quantitative estimate of drug-likeness (QED) is 0.910. The molecule has 0 radical (unpaired) electrons. The Kier molecular flexibility index (Phi) is 5.55. The van der Waals surface area contributed by atoms with Crippen LogP contribution < -0.4 is 5.73 Å². The Hall–Kier alpha value is -2.54. The number of hydrogen-bond donors (Lipinski definition) is 1.